The zero-order valence-corrected chi connectivity index (χ0v) is 14.1. The van der Waals surface area contributed by atoms with Crippen LogP contribution < -0.4 is 0 Å². The zero-order chi connectivity index (χ0) is 19.9. The van der Waals surface area contributed by atoms with Crippen molar-refractivity contribution < 1.29 is 35.5 Å². The first kappa shape index (κ1) is 19.5. The average molecular weight is 409 g/mol. The van der Waals surface area contributed by atoms with E-state index in [1.54, 1.807) is 0 Å². The summed E-state index contributed by atoms with van der Waals surface area (Å²) in [4.78, 5) is 13.1. The fraction of sp³-hybridized carbons (Fsp3) is 0.235. The molecule has 10 heteroatoms. The third kappa shape index (κ3) is 3.76. The molecule has 0 bridgehead atoms. The number of carbonyl (C=O) groups excluding carboxylic acids is 1. The molecule has 0 N–H and O–H groups in total. The summed E-state index contributed by atoms with van der Waals surface area (Å²) in [5, 5.41) is -0.887. The van der Waals surface area contributed by atoms with E-state index in [4.69, 9.17) is 0 Å². The first-order chi connectivity index (χ1) is 12.6. The molecule has 1 aliphatic heterocycles. The van der Waals surface area contributed by atoms with Crippen LogP contribution in [-0.2, 0) is 17.5 Å². The van der Waals surface area contributed by atoms with Crippen LogP contribution in [0.3, 0.4) is 0 Å². The van der Waals surface area contributed by atoms with E-state index in [2.05, 4.69) is 0 Å². The predicted octanol–water partition coefficient (Wildman–Crippen LogP) is 5.04. The molecule has 1 atom stereocenters. The van der Waals surface area contributed by atoms with Crippen LogP contribution in [0.2, 0.25) is 0 Å². The highest BCUT2D eigenvalue weighted by molar-refractivity contribution is 8.00. The number of amides is 1. The van der Waals surface area contributed by atoms with Gasteiger partial charge in [-0.2, -0.15) is 13.2 Å². The van der Waals surface area contributed by atoms with E-state index < -0.39 is 52.8 Å². The highest BCUT2D eigenvalue weighted by atomic mass is 32.2. The van der Waals surface area contributed by atoms with E-state index in [1.807, 2.05) is 0 Å². The summed E-state index contributed by atoms with van der Waals surface area (Å²) in [7, 11) is 0. The van der Waals surface area contributed by atoms with Crippen molar-refractivity contribution in [3.05, 3.63) is 70.3 Å². The van der Waals surface area contributed by atoms with Crippen LogP contribution in [0.25, 0.3) is 0 Å². The lowest BCUT2D eigenvalue weighted by Gasteiger charge is -2.25. The summed E-state index contributed by atoms with van der Waals surface area (Å²) >= 11 is 1.00. The van der Waals surface area contributed by atoms with Crippen molar-refractivity contribution in [1.82, 2.24) is 4.90 Å². The highest BCUT2D eigenvalue weighted by Crippen LogP contribution is 2.41. The Kier molecular flexibility index (Phi) is 5.11. The zero-order valence-electron chi connectivity index (χ0n) is 13.3. The highest BCUT2D eigenvalue weighted by Gasteiger charge is 2.37. The van der Waals surface area contributed by atoms with Gasteiger partial charge in [-0.25, -0.2) is 17.6 Å². The average Bonchev–Trinajstić information content (AvgIpc) is 2.95. The number of benzene rings is 2. The van der Waals surface area contributed by atoms with Crippen LogP contribution in [0.15, 0.2) is 30.3 Å². The molecule has 2 aromatic rings. The Balaban J connectivity index is 1.91. The molecule has 2 nitrogen and oxygen atoms in total. The first-order valence-corrected chi connectivity index (χ1v) is 8.54. The van der Waals surface area contributed by atoms with E-state index in [-0.39, 0.29) is 16.9 Å². The largest absolute Gasteiger partial charge is 0.419 e. The number of nitrogens with zero attached hydrogens (tertiary/aromatic N) is 1. The van der Waals surface area contributed by atoms with Crippen LogP contribution in [0.1, 0.15) is 22.1 Å². The lowest BCUT2D eigenvalue weighted by atomic mass is 10.1. The number of thioether (sulfide) groups is 1. The van der Waals surface area contributed by atoms with Crippen molar-refractivity contribution in [3.63, 3.8) is 0 Å². The van der Waals surface area contributed by atoms with Crippen molar-refractivity contribution in [1.29, 1.82) is 0 Å². The van der Waals surface area contributed by atoms with E-state index in [1.165, 1.54) is 0 Å². The Bertz CT molecular complexity index is 900. The Hall–Kier alpha value is -2.23. The molecular weight excluding hydrogens is 399 g/mol. The minimum atomic E-state index is -4.87. The molecule has 0 radical (unpaired) electrons. The minimum Gasteiger partial charge on any atom is -0.321 e. The van der Waals surface area contributed by atoms with Gasteiger partial charge in [-0.3, -0.25) is 4.79 Å². The number of hydrogen-bond acceptors (Lipinski definition) is 2. The van der Waals surface area contributed by atoms with Crippen molar-refractivity contribution >= 4 is 17.7 Å². The minimum absolute atomic E-state index is 0.0688. The van der Waals surface area contributed by atoms with Gasteiger partial charge in [-0.05, 0) is 23.8 Å². The molecule has 1 fully saturated rings. The molecule has 1 aliphatic rings. The number of halogens is 7. The van der Waals surface area contributed by atoms with Gasteiger partial charge in [0.1, 0.15) is 11.2 Å². The van der Waals surface area contributed by atoms with Gasteiger partial charge in [0.25, 0.3) is 0 Å². The summed E-state index contributed by atoms with van der Waals surface area (Å²) in [5.41, 5.74) is -1.68. The topological polar surface area (TPSA) is 20.3 Å². The summed E-state index contributed by atoms with van der Waals surface area (Å²) in [5.74, 6) is -6.60. The fourth-order valence-electron chi connectivity index (χ4n) is 2.69. The van der Waals surface area contributed by atoms with E-state index >= 15 is 0 Å². The van der Waals surface area contributed by atoms with Gasteiger partial charge < -0.3 is 4.90 Å². The van der Waals surface area contributed by atoms with Crippen LogP contribution in [0, 0.1) is 23.3 Å². The lowest BCUT2D eigenvalue weighted by Crippen LogP contribution is -2.28. The number of rotatable bonds is 3. The second-order valence-corrected chi connectivity index (χ2v) is 6.83. The number of hydrogen-bond donors (Lipinski definition) is 0. The molecule has 1 unspecified atom stereocenters. The van der Waals surface area contributed by atoms with Crippen LogP contribution in [-0.4, -0.2) is 16.6 Å². The van der Waals surface area contributed by atoms with Crippen molar-refractivity contribution in [2.75, 3.05) is 5.75 Å². The van der Waals surface area contributed by atoms with Gasteiger partial charge >= 0.3 is 6.18 Å². The summed E-state index contributed by atoms with van der Waals surface area (Å²) in [6.45, 7) is -0.442. The van der Waals surface area contributed by atoms with Crippen molar-refractivity contribution in [2.45, 2.75) is 18.1 Å². The molecule has 2 aromatic carbocycles. The van der Waals surface area contributed by atoms with E-state index in [0.29, 0.717) is 18.2 Å². The number of carbonyl (C=O) groups is 1. The van der Waals surface area contributed by atoms with Gasteiger partial charge in [0.05, 0.1) is 17.9 Å². The quantitative estimate of drug-likeness (QED) is 0.523. The van der Waals surface area contributed by atoms with Gasteiger partial charge in [0.15, 0.2) is 17.5 Å². The third-order valence-electron chi connectivity index (χ3n) is 4.01. The first-order valence-electron chi connectivity index (χ1n) is 7.49. The predicted molar refractivity (Wildman–Crippen MR) is 83.5 cm³/mol. The van der Waals surface area contributed by atoms with Gasteiger partial charge in [-0.15, -0.1) is 11.8 Å². The third-order valence-corrected chi connectivity index (χ3v) is 5.26. The van der Waals surface area contributed by atoms with Crippen molar-refractivity contribution in [3.8, 4) is 0 Å². The molecule has 3 rings (SSSR count). The van der Waals surface area contributed by atoms with Crippen LogP contribution in [0.5, 0.6) is 0 Å². The molecule has 27 heavy (non-hydrogen) atoms. The fourth-order valence-corrected chi connectivity index (χ4v) is 3.86. The molecule has 1 saturated heterocycles. The molecule has 1 amide bonds. The lowest BCUT2D eigenvalue weighted by molar-refractivity contribution is -0.140. The molecule has 0 spiro atoms. The summed E-state index contributed by atoms with van der Waals surface area (Å²) < 4.78 is 92.2. The maximum atomic E-state index is 13.9. The second-order valence-electron chi connectivity index (χ2n) is 5.76. The Morgan fingerprint density at radius 1 is 1.00 bits per heavy atom. The monoisotopic (exact) mass is 409 g/mol. The Morgan fingerprint density at radius 2 is 1.70 bits per heavy atom. The smallest absolute Gasteiger partial charge is 0.321 e. The molecule has 1 heterocycles. The molecular formula is C17H10F7NOS. The molecule has 144 valence electrons. The van der Waals surface area contributed by atoms with Gasteiger partial charge in [-0.1, -0.05) is 12.1 Å². The Morgan fingerprint density at radius 3 is 2.33 bits per heavy atom. The molecule has 0 saturated carbocycles. The normalized spacial score (nSPS) is 17.7. The van der Waals surface area contributed by atoms with Crippen molar-refractivity contribution in [2.24, 2.45) is 0 Å². The van der Waals surface area contributed by atoms with Gasteiger partial charge in [0.2, 0.25) is 5.91 Å². The summed E-state index contributed by atoms with van der Waals surface area (Å²) in [6, 6.07) is 3.91. The van der Waals surface area contributed by atoms with E-state index in [9.17, 15) is 35.5 Å². The Labute approximate surface area is 153 Å². The van der Waals surface area contributed by atoms with Crippen LogP contribution in [0.4, 0.5) is 30.7 Å². The molecule has 0 aromatic heterocycles. The van der Waals surface area contributed by atoms with Gasteiger partial charge in [0, 0.05) is 5.56 Å². The SMILES string of the molecule is O=C1CSC(c2ccc(C(F)(F)F)c(F)c2)N1Cc1ccc(F)c(F)c1F. The molecule has 0 aliphatic carbocycles. The van der Waals surface area contributed by atoms with Crippen LogP contribution >= 0.6 is 11.8 Å². The maximum Gasteiger partial charge on any atom is 0.419 e. The standard InChI is InChI=1S/C17H10F7NOS/c18-11-4-2-9(14(20)15(11)21)6-25-13(26)7-27-16(25)8-1-3-10(12(19)5-8)17(22,23)24/h1-5,16H,6-7H2. The van der Waals surface area contributed by atoms with E-state index in [0.717, 1.165) is 28.8 Å². The second kappa shape index (κ2) is 7.06. The maximum absolute atomic E-state index is 13.9. The summed E-state index contributed by atoms with van der Waals surface area (Å²) in [6.07, 6.45) is -4.87. The number of alkyl halides is 3.